The molecule has 1 aliphatic carbocycles. The van der Waals surface area contributed by atoms with Crippen molar-refractivity contribution in [3.05, 3.63) is 33.8 Å². The van der Waals surface area contributed by atoms with Crippen molar-refractivity contribution in [2.45, 2.75) is 32.0 Å². The minimum Gasteiger partial charge on any atom is -0.310 e. The van der Waals surface area contributed by atoms with Gasteiger partial charge >= 0.3 is 6.18 Å². The molecule has 0 heterocycles. The molecule has 1 nitrogen and oxygen atoms in total. The van der Waals surface area contributed by atoms with E-state index in [1.165, 1.54) is 12.1 Å². The van der Waals surface area contributed by atoms with Crippen molar-refractivity contribution >= 4 is 15.9 Å². The topological polar surface area (TPSA) is 12.0 Å². The van der Waals surface area contributed by atoms with Gasteiger partial charge in [-0.25, -0.2) is 0 Å². The van der Waals surface area contributed by atoms with Gasteiger partial charge in [-0.05, 0) is 49.1 Å². The third-order valence-corrected chi connectivity index (χ3v) is 3.90. The van der Waals surface area contributed by atoms with Crippen LogP contribution in [-0.4, -0.2) is 6.54 Å². The molecule has 1 aliphatic rings. The van der Waals surface area contributed by atoms with Crippen molar-refractivity contribution in [2.24, 2.45) is 5.92 Å². The molecule has 1 aromatic carbocycles. The molecule has 100 valence electrons. The highest BCUT2D eigenvalue weighted by molar-refractivity contribution is 9.10. The highest BCUT2D eigenvalue weighted by atomic mass is 79.9. The molecule has 2 rings (SSSR count). The lowest BCUT2D eigenvalue weighted by molar-refractivity contribution is -0.137. The molecule has 1 N–H and O–H groups in total. The Balaban J connectivity index is 2.35. The predicted molar refractivity (Wildman–Crippen MR) is 68.3 cm³/mol. The van der Waals surface area contributed by atoms with Crippen LogP contribution >= 0.6 is 15.9 Å². The van der Waals surface area contributed by atoms with Gasteiger partial charge in [-0.3, -0.25) is 0 Å². The van der Waals surface area contributed by atoms with E-state index >= 15 is 0 Å². The zero-order valence-corrected chi connectivity index (χ0v) is 11.6. The summed E-state index contributed by atoms with van der Waals surface area (Å²) >= 11 is 3.36. The summed E-state index contributed by atoms with van der Waals surface area (Å²) in [7, 11) is 0. The zero-order valence-electron chi connectivity index (χ0n) is 10.0. The molecule has 0 aliphatic heterocycles. The molecule has 5 heteroatoms. The van der Waals surface area contributed by atoms with Crippen LogP contribution in [0.2, 0.25) is 0 Å². The minimum absolute atomic E-state index is 0.0201. The van der Waals surface area contributed by atoms with Gasteiger partial charge in [0, 0.05) is 10.5 Å². The highest BCUT2D eigenvalue weighted by Gasteiger charge is 2.35. The lowest BCUT2D eigenvalue weighted by atomic mass is 10.00. The maximum absolute atomic E-state index is 12.7. The molecule has 1 aromatic rings. The molecule has 1 fully saturated rings. The summed E-state index contributed by atoms with van der Waals surface area (Å²) in [6, 6.07) is 3.89. The summed E-state index contributed by atoms with van der Waals surface area (Å²) in [4.78, 5) is 0. The maximum Gasteiger partial charge on any atom is 0.416 e. The Bertz CT molecular complexity index is 427. The highest BCUT2D eigenvalue weighted by Crippen LogP contribution is 2.44. The van der Waals surface area contributed by atoms with Gasteiger partial charge in [0.25, 0.3) is 0 Å². The van der Waals surface area contributed by atoms with Crippen LogP contribution in [0.1, 0.15) is 36.9 Å². The summed E-state index contributed by atoms with van der Waals surface area (Å²) in [5.74, 6) is 0.463. The van der Waals surface area contributed by atoms with E-state index in [9.17, 15) is 13.2 Å². The first kappa shape index (κ1) is 13.9. The van der Waals surface area contributed by atoms with E-state index in [2.05, 4.69) is 21.2 Å². The summed E-state index contributed by atoms with van der Waals surface area (Å²) in [5, 5.41) is 3.28. The molecule has 0 radical (unpaired) electrons. The first-order chi connectivity index (χ1) is 8.43. The van der Waals surface area contributed by atoms with E-state index in [4.69, 9.17) is 0 Å². The van der Waals surface area contributed by atoms with Crippen LogP contribution in [0.3, 0.4) is 0 Å². The Morgan fingerprint density at radius 3 is 2.56 bits per heavy atom. The first-order valence-corrected chi connectivity index (χ1v) is 6.82. The molecule has 1 saturated carbocycles. The standard InChI is InChI=1S/C13H15BrF3N/c1-2-18-12(8-3-4-8)10-7-9(13(15,16)17)5-6-11(10)14/h5-8,12,18H,2-4H2,1H3. The summed E-state index contributed by atoms with van der Waals surface area (Å²) < 4.78 is 38.9. The lowest BCUT2D eigenvalue weighted by Gasteiger charge is -2.20. The fourth-order valence-corrected chi connectivity index (χ4v) is 2.63. The minimum atomic E-state index is -4.28. The second-order valence-corrected chi connectivity index (χ2v) is 5.46. The normalized spacial score (nSPS) is 17.8. The smallest absolute Gasteiger partial charge is 0.310 e. The Kier molecular flexibility index (Phi) is 4.02. The van der Waals surface area contributed by atoms with Crippen LogP contribution in [-0.2, 0) is 6.18 Å². The van der Waals surface area contributed by atoms with Gasteiger partial charge in [-0.1, -0.05) is 22.9 Å². The van der Waals surface area contributed by atoms with E-state index in [0.29, 0.717) is 11.5 Å². The van der Waals surface area contributed by atoms with Crippen molar-refractivity contribution in [3.8, 4) is 0 Å². The van der Waals surface area contributed by atoms with Crippen LogP contribution in [0.25, 0.3) is 0 Å². The third kappa shape index (κ3) is 3.06. The quantitative estimate of drug-likeness (QED) is 0.859. The molecule has 18 heavy (non-hydrogen) atoms. The number of nitrogens with one attached hydrogen (secondary N) is 1. The van der Waals surface area contributed by atoms with Crippen molar-refractivity contribution in [1.29, 1.82) is 0 Å². The van der Waals surface area contributed by atoms with Gasteiger partial charge < -0.3 is 5.32 Å². The molecule has 0 amide bonds. The molecule has 0 spiro atoms. The van der Waals surface area contributed by atoms with Crippen molar-refractivity contribution in [1.82, 2.24) is 5.32 Å². The fraction of sp³-hybridized carbons (Fsp3) is 0.538. The van der Waals surface area contributed by atoms with Gasteiger partial charge in [0.2, 0.25) is 0 Å². The second-order valence-electron chi connectivity index (χ2n) is 4.61. The number of rotatable bonds is 4. The van der Waals surface area contributed by atoms with Gasteiger partial charge in [-0.15, -0.1) is 0 Å². The van der Waals surface area contributed by atoms with Crippen molar-refractivity contribution < 1.29 is 13.2 Å². The van der Waals surface area contributed by atoms with Gasteiger partial charge in [0.15, 0.2) is 0 Å². The average molecular weight is 322 g/mol. The molecule has 0 bridgehead atoms. The van der Waals surface area contributed by atoms with Crippen LogP contribution < -0.4 is 5.32 Å². The number of halogens is 4. The lowest BCUT2D eigenvalue weighted by Crippen LogP contribution is -2.23. The monoisotopic (exact) mass is 321 g/mol. The first-order valence-electron chi connectivity index (χ1n) is 6.03. The average Bonchev–Trinajstić information content (AvgIpc) is 3.09. The Morgan fingerprint density at radius 1 is 1.39 bits per heavy atom. The molecule has 1 unspecified atom stereocenters. The zero-order chi connectivity index (χ0) is 13.3. The van der Waals surface area contributed by atoms with E-state index in [1.807, 2.05) is 6.92 Å². The summed E-state index contributed by atoms with van der Waals surface area (Å²) in [6.07, 6.45) is -2.11. The van der Waals surface area contributed by atoms with Gasteiger partial charge in [-0.2, -0.15) is 13.2 Å². The molecular weight excluding hydrogens is 307 g/mol. The second kappa shape index (κ2) is 5.21. The number of benzene rings is 1. The summed E-state index contributed by atoms with van der Waals surface area (Å²) in [6.45, 7) is 2.72. The Labute approximate surface area is 113 Å². The number of alkyl halides is 3. The Hall–Kier alpha value is -0.550. The van der Waals surface area contributed by atoms with Crippen LogP contribution in [0.5, 0.6) is 0 Å². The SMILES string of the molecule is CCNC(c1cc(C(F)(F)F)ccc1Br)C1CC1. The largest absolute Gasteiger partial charge is 0.416 e. The van der Waals surface area contributed by atoms with E-state index < -0.39 is 11.7 Å². The Morgan fingerprint density at radius 2 is 2.06 bits per heavy atom. The molecular formula is C13H15BrF3N. The fourth-order valence-electron chi connectivity index (χ4n) is 2.14. The number of hydrogen-bond donors (Lipinski definition) is 1. The third-order valence-electron chi connectivity index (χ3n) is 3.18. The van der Waals surface area contributed by atoms with Crippen molar-refractivity contribution in [2.75, 3.05) is 6.54 Å². The molecule has 0 aromatic heterocycles. The van der Waals surface area contributed by atoms with Gasteiger partial charge in [0.05, 0.1) is 5.56 Å². The van der Waals surface area contributed by atoms with Crippen molar-refractivity contribution in [3.63, 3.8) is 0 Å². The van der Waals surface area contributed by atoms with Crippen LogP contribution in [0.4, 0.5) is 13.2 Å². The molecule has 1 atom stereocenters. The predicted octanol–water partition coefficient (Wildman–Crippen LogP) is 4.53. The van der Waals surface area contributed by atoms with Gasteiger partial charge in [0.1, 0.15) is 0 Å². The van der Waals surface area contributed by atoms with Crippen LogP contribution in [0.15, 0.2) is 22.7 Å². The van der Waals surface area contributed by atoms with E-state index in [0.717, 1.165) is 29.9 Å². The van der Waals surface area contributed by atoms with Crippen LogP contribution in [0, 0.1) is 5.92 Å². The number of hydrogen-bond acceptors (Lipinski definition) is 1. The van der Waals surface area contributed by atoms with E-state index in [1.54, 1.807) is 0 Å². The molecule has 0 saturated heterocycles. The summed E-state index contributed by atoms with van der Waals surface area (Å²) in [5.41, 5.74) is 0.137. The van der Waals surface area contributed by atoms with E-state index in [-0.39, 0.29) is 6.04 Å². The maximum atomic E-state index is 12.7.